The van der Waals surface area contributed by atoms with Crippen LogP contribution in [0.1, 0.15) is 67.2 Å². The number of nitrogens with one attached hydrogen (secondary N) is 1. The van der Waals surface area contributed by atoms with Crippen molar-refractivity contribution in [1.82, 2.24) is 20.0 Å². The topological polar surface area (TPSA) is 93.2 Å². The predicted octanol–water partition coefficient (Wildman–Crippen LogP) is 2.78. The Morgan fingerprint density at radius 2 is 1.68 bits per heavy atom. The molecule has 3 amide bonds. The Labute approximate surface area is 207 Å². The fraction of sp³-hybridized carbons (Fsp3) is 0.731. The molecule has 4 unspecified atom stereocenters. The van der Waals surface area contributed by atoms with Crippen molar-refractivity contribution in [2.45, 2.75) is 91.0 Å². The Morgan fingerprint density at radius 3 is 2.12 bits per heavy atom. The van der Waals surface area contributed by atoms with Gasteiger partial charge in [0.05, 0.1) is 11.6 Å². The fourth-order valence-electron chi connectivity index (χ4n) is 3.78. The lowest BCUT2D eigenvalue weighted by molar-refractivity contribution is -0.139. The summed E-state index contributed by atoms with van der Waals surface area (Å²) in [6.07, 6.45) is 6.40. The number of rotatable bonds is 14. The predicted molar refractivity (Wildman–Crippen MR) is 138 cm³/mol. The normalized spacial score (nSPS) is 15.5. The van der Waals surface area contributed by atoms with Crippen molar-refractivity contribution in [3.63, 3.8) is 0 Å². The van der Waals surface area contributed by atoms with Crippen LogP contribution < -0.4 is 5.32 Å². The van der Waals surface area contributed by atoms with Crippen LogP contribution >= 0.6 is 0 Å². The summed E-state index contributed by atoms with van der Waals surface area (Å²) in [4.78, 5) is 43.7. The minimum absolute atomic E-state index is 0.0203. The summed E-state index contributed by atoms with van der Waals surface area (Å²) in [5.41, 5.74) is -0.908. The van der Waals surface area contributed by atoms with Crippen LogP contribution in [-0.2, 0) is 14.4 Å². The monoisotopic (exact) mass is 480 g/mol. The lowest BCUT2D eigenvalue weighted by atomic mass is 9.96. The number of amides is 3. The highest BCUT2D eigenvalue weighted by Gasteiger charge is 2.32. The zero-order valence-electron chi connectivity index (χ0n) is 23.0. The standard InChI is InChI=1S/C26H48N4O4/c1-12-14-15-18(3)16-22(28(8)9)23(31)27-21(13-2)25(33)30(11)20(5)24(32)29(10)19(4)17-26(6,7)34/h12,14,18-19,21-22,34H,5,13,15-17H2,1-4,6-11H3,(H,27,31). The molecule has 0 aromatic heterocycles. The van der Waals surface area contributed by atoms with E-state index < -0.39 is 23.5 Å². The number of carbonyl (C=O) groups excluding carboxylic acids is 3. The zero-order valence-corrected chi connectivity index (χ0v) is 23.0. The number of carbonyl (C=O) groups is 3. The molecule has 0 saturated heterocycles. The first kappa shape index (κ1) is 31.8. The van der Waals surface area contributed by atoms with E-state index in [2.05, 4.69) is 24.9 Å². The highest BCUT2D eigenvalue weighted by Crippen LogP contribution is 2.18. The van der Waals surface area contributed by atoms with Gasteiger partial charge in [0.15, 0.2) is 0 Å². The van der Waals surface area contributed by atoms with Gasteiger partial charge in [-0.05, 0) is 73.4 Å². The Bertz CT molecular complexity index is 727. The van der Waals surface area contributed by atoms with Crippen molar-refractivity contribution in [1.29, 1.82) is 0 Å². The maximum Gasteiger partial charge on any atom is 0.269 e. The first-order valence-corrected chi connectivity index (χ1v) is 12.1. The van der Waals surface area contributed by atoms with E-state index in [1.165, 1.54) is 16.8 Å². The highest BCUT2D eigenvalue weighted by molar-refractivity contribution is 5.99. The Morgan fingerprint density at radius 1 is 1.12 bits per heavy atom. The van der Waals surface area contributed by atoms with E-state index in [4.69, 9.17) is 0 Å². The second-order valence-corrected chi connectivity index (χ2v) is 10.2. The second kappa shape index (κ2) is 14.3. The van der Waals surface area contributed by atoms with Gasteiger partial charge in [0.2, 0.25) is 11.8 Å². The van der Waals surface area contributed by atoms with Crippen molar-refractivity contribution >= 4 is 17.7 Å². The van der Waals surface area contributed by atoms with Gasteiger partial charge in [-0.3, -0.25) is 19.3 Å². The van der Waals surface area contributed by atoms with Crippen LogP contribution in [0.2, 0.25) is 0 Å². The highest BCUT2D eigenvalue weighted by atomic mass is 16.3. The average molecular weight is 481 g/mol. The maximum atomic E-state index is 13.1. The number of hydrogen-bond donors (Lipinski definition) is 2. The number of hydrogen-bond acceptors (Lipinski definition) is 5. The summed E-state index contributed by atoms with van der Waals surface area (Å²) in [6, 6.07) is -1.39. The van der Waals surface area contributed by atoms with Gasteiger partial charge in [-0.2, -0.15) is 0 Å². The minimum Gasteiger partial charge on any atom is -0.390 e. The lowest BCUT2D eigenvalue weighted by Crippen LogP contribution is -2.53. The molecule has 0 bridgehead atoms. The average Bonchev–Trinajstić information content (AvgIpc) is 2.75. The minimum atomic E-state index is -0.929. The third-order valence-electron chi connectivity index (χ3n) is 6.11. The summed E-state index contributed by atoms with van der Waals surface area (Å²) in [5, 5.41) is 12.9. The summed E-state index contributed by atoms with van der Waals surface area (Å²) < 4.78 is 0. The number of aliphatic hydroxyl groups is 1. The number of likely N-dealkylation sites (N-methyl/N-ethyl adjacent to an activating group) is 3. The van der Waals surface area contributed by atoms with Crippen molar-refractivity contribution in [2.24, 2.45) is 5.92 Å². The SMILES string of the molecule is C=C(C(=O)N(C)C(C)CC(C)(C)O)N(C)C(=O)C(CC)NC(=O)C(CC(C)CC=CC)N(C)C. The third kappa shape index (κ3) is 10.4. The molecule has 0 aliphatic rings. The van der Waals surface area contributed by atoms with Gasteiger partial charge in [0, 0.05) is 20.1 Å². The van der Waals surface area contributed by atoms with Gasteiger partial charge in [-0.25, -0.2) is 0 Å². The molecule has 0 aromatic rings. The molecule has 0 saturated carbocycles. The molecule has 0 spiro atoms. The summed E-state index contributed by atoms with van der Waals surface area (Å²) in [6.45, 7) is 14.9. The van der Waals surface area contributed by atoms with Gasteiger partial charge in [0.1, 0.15) is 11.7 Å². The van der Waals surface area contributed by atoms with E-state index >= 15 is 0 Å². The second-order valence-electron chi connectivity index (χ2n) is 10.2. The Kier molecular flexibility index (Phi) is 13.3. The van der Waals surface area contributed by atoms with Crippen LogP contribution in [0, 0.1) is 5.92 Å². The van der Waals surface area contributed by atoms with E-state index in [0.717, 1.165) is 6.42 Å². The van der Waals surface area contributed by atoms with Gasteiger partial charge >= 0.3 is 0 Å². The van der Waals surface area contributed by atoms with Gasteiger partial charge < -0.3 is 20.2 Å². The molecule has 0 aliphatic carbocycles. The molecule has 0 aromatic carbocycles. The Hall–Kier alpha value is -2.19. The van der Waals surface area contributed by atoms with Crippen molar-refractivity contribution < 1.29 is 19.5 Å². The van der Waals surface area contributed by atoms with Gasteiger partial charge in [0.25, 0.3) is 5.91 Å². The maximum absolute atomic E-state index is 13.1. The molecule has 2 N–H and O–H groups in total. The van der Waals surface area contributed by atoms with E-state index in [0.29, 0.717) is 25.2 Å². The molecule has 196 valence electrons. The van der Waals surface area contributed by atoms with E-state index in [-0.39, 0.29) is 23.7 Å². The third-order valence-corrected chi connectivity index (χ3v) is 6.11. The molecule has 0 rings (SSSR count). The molecule has 8 heteroatoms. The van der Waals surface area contributed by atoms with E-state index in [1.807, 2.05) is 45.8 Å². The lowest BCUT2D eigenvalue weighted by Gasteiger charge is -2.33. The molecule has 0 radical (unpaired) electrons. The summed E-state index contributed by atoms with van der Waals surface area (Å²) in [5.74, 6) is -0.694. The van der Waals surface area contributed by atoms with Crippen LogP contribution in [0.15, 0.2) is 24.4 Å². The molecular formula is C26H48N4O4. The molecule has 34 heavy (non-hydrogen) atoms. The van der Waals surface area contributed by atoms with E-state index in [9.17, 15) is 19.5 Å². The summed E-state index contributed by atoms with van der Waals surface area (Å²) >= 11 is 0. The van der Waals surface area contributed by atoms with Crippen LogP contribution in [0.3, 0.4) is 0 Å². The first-order chi connectivity index (χ1) is 15.6. The zero-order chi connectivity index (χ0) is 26.8. The molecule has 0 fully saturated rings. The number of nitrogens with zero attached hydrogens (tertiary/aromatic N) is 3. The van der Waals surface area contributed by atoms with Gasteiger partial charge in [-0.15, -0.1) is 0 Å². The van der Waals surface area contributed by atoms with Crippen molar-refractivity contribution in [2.75, 3.05) is 28.2 Å². The molecule has 0 heterocycles. The molecule has 0 aliphatic heterocycles. The smallest absolute Gasteiger partial charge is 0.269 e. The van der Waals surface area contributed by atoms with E-state index in [1.54, 1.807) is 20.9 Å². The fourth-order valence-corrected chi connectivity index (χ4v) is 3.78. The molecular weight excluding hydrogens is 432 g/mol. The largest absolute Gasteiger partial charge is 0.390 e. The van der Waals surface area contributed by atoms with Crippen LogP contribution in [0.25, 0.3) is 0 Å². The Balaban J connectivity index is 5.32. The molecule has 4 atom stereocenters. The van der Waals surface area contributed by atoms with Crippen LogP contribution in [-0.4, -0.2) is 89.4 Å². The number of allylic oxidation sites excluding steroid dienone is 2. The van der Waals surface area contributed by atoms with Gasteiger partial charge in [-0.1, -0.05) is 32.6 Å². The van der Waals surface area contributed by atoms with Crippen LogP contribution in [0.4, 0.5) is 0 Å². The molecule has 8 nitrogen and oxygen atoms in total. The summed E-state index contributed by atoms with van der Waals surface area (Å²) in [7, 11) is 6.83. The van der Waals surface area contributed by atoms with Crippen molar-refractivity contribution in [3.05, 3.63) is 24.4 Å². The quantitative estimate of drug-likeness (QED) is 0.295. The van der Waals surface area contributed by atoms with Crippen LogP contribution in [0.5, 0.6) is 0 Å². The first-order valence-electron chi connectivity index (χ1n) is 12.1. The van der Waals surface area contributed by atoms with Crippen molar-refractivity contribution in [3.8, 4) is 0 Å².